The number of aliphatic imine (C=N–C) groups is 1. The summed E-state index contributed by atoms with van der Waals surface area (Å²) in [6.45, 7) is 0. The van der Waals surface area contributed by atoms with Crippen LogP contribution < -0.4 is 10.1 Å². The van der Waals surface area contributed by atoms with Gasteiger partial charge in [-0.25, -0.2) is 9.38 Å². The smallest absolute Gasteiger partial charge is 0.264 e. The van der Waals surface area contributed by atoms with Crippen LogP contribution in [0.2, 0.25) is 0 Å². The molecule has 5 nitrogen and oxygen atoms in total. The normalized spacial score (nSPS) is 17.3. The van der Waals surface area contributed by atoms with Crippen molar-refractivity contribution in [3.63, 3.8) is 0 Å². The summed E-state index contributed by atoms with van der Waals surface area (Å²) in [5.41, 5.74) is 1.000. The van der Waals surface area contributed by atoms with E-state index in [2.05, 4.69) is 10.3 Å². The molecule has 7 heteroatoms. The van der Waals surface area contributed by atoms with E-state index in [-0.39, 0.29) is 17.5 Å². The number of para-hydroxylation sites is 1. The van der Waals surface area contributed by atoms with Crippen LogP contribution in [-0.4, -0.2) is 23.3 Å². The maximum atomic E-state index is 12.9. The first-order valence-electron chi connectivity index (χ1n) is 6.98. The van der Waals surface area contributed by atoms with Crippen LogP contribution in [0.5, 0.6) is 11.5 Å². The molecule has 2 N–H and O–H groups in total. The first kappa shape index (κ1) is 16.1. The highest BCUT2D eigenvalue weighted by Gasteiger charge is 2.24. The minimum atomic E-state index is -0.351. The molecule has 0 atom stereocenters. The molecular formula is C17H13FN2O3S. The van der Waals surface area contributed by atoms with E-state index in [9.17, 15) is 14.3 Å². The quantitative estimate of drug-likeness (QED) is 0.837. The molecule has 1 heterocycles. The molecule has 0 bridgehead atoms. The Balaban J connectivity index is 1.86. The lowest BCUT2D eigenvalue weighted by Crippen LogP contribution is -2.19. The number of hydrogen-bond donors (Lipinski definition) is 2. The number of thioether (sulfide) groups is 1. The van der Waals surface area contributed by atoms with Crippen LogP contribution in [0.25, 0.3) is 6.08 Å². The number of halogens is 1. The van der Waals surface area contributed by atoms with Crippen molar-refractivity contribution < 1.29 is 19.0 Å². The van der Waals surface area contributed by atoms with Gasteiger partial charge in [-0.15, -0.1) is 0 Å². The predicted molar refractivity (Wildman–Crippen MR) is 91.9 cm³/mol. The number of benzene rings is 2. The molecule has 0 aliphatic carbocycles. The van der Waals surface area contributed by atoms with E-state index in [1.807, 2.05) is 0 Å². The minimum absolute atomic E-state index is 0.0372. The van der Waals surface area contributed by atoms with Crippen molar-refractivity contribution in [1.29, 1.82) is 0 Å². The van der Waals surface area contributed by atoms with Crippen molar-refractivity contribution in [2.75, 3.05) is 7.11 Å². The van der Waals surface area contributed by atoms with Crippen LogP contribution >= 0.6 is 11.8 Å². The van der Waals surface area contributed by atoms with Gasteiger partial charge in [0.1, 0.15) is 5.82 Å². The highest BCUT2D eigenvalue weighted by atomic mass is 32.2. The van der Waals surface area contributed by atoms with E-state index in [1.165, 1.54) is 31.4 Å². The molecule has 2 aromatic carbocycles. The summed E-state index contributed by atoms with van der Waals surface area (Å²) < 4.78 is 17.9. The summed E-state index contributed by atoms with van der Waals surface area (Å²) in [6.07, 6.45) is 1.56. The molecule has 1 fully saturated rings. The molecule has 0 radical (unpaired) electrons. The topological polar surface area (TPSA) is 70.9 Å². The second-order valence-electron chi connectivity index (χ2n) is 4.86. The van der Waals surface area contributed by atoms with E-state index >= 15 is 0 Å². The first-order chi connectivity index (χ1) is 11.6. The van der Waals surface area contributed by atoms with Crippen molar-refractivity contribution in [2.24, 2.45) is 4.99 Å². The lowest BCUT2D eigenvalue weighted by Gasteiger charge is -2.05. The SMILES string of the molecule is COc1cccc(/C=C2/SC(=Nc3ccc(F)cc3)NC2=O)c1O. The number of phenolic OH excluding ortho intramolecular Hbond substituents is 1. The Kier molecular flexibility index (Phi) is 4.52. The third kappa shape index (κ3) is 3.41. The number of amides is 1. The summed E-state index contributed by atoms with van der Waals surface area (Å²) in [4.78, 5) is 16.7. The maximum absolute atomic E-state index is 12.9. The summed E-state index contributed by atoms with van der Waals surface area (Å²) in [5, 5.41) is 13.1. The number of hydrogen-bond acceptors (Lipinski definition) is 5. The molecule has 122 valence electrons. The first-order valence-corrected chi connectivity index (χ1v) is 7.79. The van der Waals surface area contributed by atoms with Gasteiger partial charge in [0.05, 0.1) is 17.7 Å². The zero-order valence-electron chi connectivity index (χ0n) is 12.6. The lowest BCUT2D eigenvalue weighted by atomic mass is 10.1. The van der Waals surface area contributed by atoms with E-state index in [0.29, 0.717) is 27.1 Å². The second kappa shape index (κ2) is 6.76. The van der Waals surface area contributed by atoms with E-state index < -0.39 is 0 Å². The number of rotatable bonds is 3. The van der Waals surface area contributed by atoms with Gasteiger partial charge in [-0.05, 0) is 48.2 Å². The molecule has 3 rings (SSSR count). The van der Waals surface area contributed by atoms with Crippen molar-refractivity contribution in [2.45, 2.75) is 0 Å². The van der Waals surface area contributed by atoms with Crippen molar-refractivity contribution in [3.8, 4) is 11.5 Å². The average Bonchev–Trinajstić information content (AvgIpc) is 2.91. The molecule has 0 aromatic heterocycles. The van der Waals surface area contributed by atoms with Gasteiger partial charge in [-0.1, -0.05) is 12.1 Å². The Hall–Kier alpha value is -2.80. The van der Waals surface area contributed by atoms with Gasteiger partial charge in [0.15, 0.2) is 16.7 Å². The molecular weight excluding hydrogens is 331 g/mol. The van der Waals surface area contributed by atoms with Gasteiger partial charge in [-0.3, -0.25) is 4.79 Å². The van der Waals surface area contributed by atoms with Gasteiger partial charge in [0.25, 0.3) is 5.91 Å². The van der Waals surface area contributed by atoms with E-state index in [0.717, 1.165) is 11.8 Å². The van der Waals surface area contributed by atoms with Crippen LogP contribution in [-0.2, 0) is 4.79 Å². The Morgan fingerprint density at radius 2 is 2.00 bits per heavy atom. The van der Waals surface area contributed by atoms with Crippen molar-refractivity contribution in [3.05, 3.63) is 58.8 Å². The van der Waals surface area contributed by atoms with Crippen LogP contribution in [0.1, 0.15) is 5.56 Å². The fraction of sp³-hybridized carbons (Fsp3) is 0.0588. The molecule has 0 saturated carbocycles. The average molecular weight is 344 g/mol. The number of carbonyl (C=O) groups excluding carboxylic acids is 1. The molecule has 1 saturated heterocycles. The molecule has 24 heavy (non-hydrogen) atoms. The predicted octanol–water partition coefficient (Wildman–Crippen LogP) is 3.43. The number of carbonyl (C=O) groups is 1. The van der Waals surface area contributed by atoms with Crippen molar-refractivity contribution >= 4 is 34.6 Å². The Morgan fingerprint density at radius 1 is 1.25 bits per heavy atom. The molecule has 0 unspecified atom stereocenters. The number of nitrogens with zero attached hydrogens (tertiary/aromatic N) is 1. The lowest BCUT2D eigenvalue weighted by molar-refractivity contribution is -0.115. The summed E-state index contributed by atoms with van der Waals surface area (Å²) in [5.74, 6) is -0.378. The molecule has 1 aliphatic heterocycles. The molecule has 1 aliphatic rings. The van der Waals surface area contributed by atoms with Crippen LogP contribution in [0.4, 0.5) is 10.1 Å². The maximum Gasteiger partial charge on any atom is 0.264 e. The van der Waals surface area contributed by atoms with Gasteiger partial charge in [0.2, 0.25) is 0 Å². The van der Waals surface area contributed by atoms with Crippen LogP contribution in [0.15, 0.2) is 52.4 Å². The van der Waals surface area contributed by atoms with Gasteiger partial charge < -0.3 is 15.2 Å². The molecule has 2 aromatic rings. The Labute approximate surface area is 141 Å². The summed E-state index contributed by atoms with van der Waals surface area (Å²) >= 11 is 1.14. The number of phenols is 1. The summed E-state index contributed by atoms with van der Waals surface area (Å²) in [6, 6.07) is 10.7. The highest BCUT2D eigenvalue weighted by Crippen LogP contribution is 2.34. The van der Waals surface area contributed by atoms with Gasteiger partial charge in [0, 0.05) is 5.56 Å². The summed E-state index contributed by atoms with van der Waals surface area (Å²) in [7, 11) is 1.45. The number of ether oxygens (including phenoxy) is 1. The largest absolute Gasteiger partial charge is 0.504 e. The van der Waals surface area contributed by atoms with E-state index in [4.69, 9.17) is 4.74 Å². The van der Waals surface area contributed by atoms with Crippen LogP contribution in [0.3, 0.4) is 0 Å². The molecule has 0 spiro atoms. The van der Waals surface area contributed by atoms with Crippen molar-refractivity contribution in [1.82, 2.24) is 5.32 Å². The van der Waals surface area contributed by atoms with E-state index in [1.54, 1.807) is 24.3 Å². The Bertz CT molecular complexity index is 847. The molecule has 1 amide bonds. The zero-order valence-corrected chi connectivity index (χ0v) is 13.4. The third-order valence-electron chi connectivity index (χ3n) is 3.24. The fourth-order valence-corrected chi connectivity index (χ4v) is 2.91. The zero-order chi connectivity index (χ0) is 17.1. The third-order valence-corrected chi connectivity index (χ3v) is 4.15. The number of aromatic hydroxyl groups is 1. The second-order valence-corrected chi connectivity index (χ2v) is 5.89. The fourth-order valence-electron chi connectivity index (χ4n) is 2.08. The number of amidine groups is 1. The monoisotopic (exact) mass is 344 g/mol. The number of nitrogens with one attached hydrogen (secondary N) is 1. The number of methoxy groups -OCH3 is 1. The van der Waals surface area contributed by atoms with Gasteiger partial charge in [-0.2, -0.15) is 0 Å². The van der Waals surface area contributed by atoms with Gasteiger partial charge >= 0.3 is 0 Å². The van der Waals surface area contributed by atoms with Crippen LogP contribution in [0, 0.1) is 5.82 Å². The highest BCUT2D eigenvalue weighted by molar-refractivity contribution is 8.18. The standard InChI is InChI=1S/C17H13FN2O3S/c1-23-13-4-2-3-10(15(13)21)9-14-16(22)20-17(24-14)19-12-7-5-11(18)6-8-12/h2-9,21H,1H3,(H,19,20,22)/b14-9+. The minimum Gasteiger partial charge on any atom is -0.504 e. The Morgan fingerprint density at radius 3 is 2.71 bits per heavy atom.